The van der Waals surface area contributed by atoms with Crippen molar-refractivity contribution < 1.29 is 14.0 Å². The highest BCUT2D eigenvalue weighted by Crippen LogP contribution is 2.28. The van der Waals surface area contributed by atoms with Crippen molar-refractivity contribution in [3.8, 4) is 5.13 Å². The average Bonchev–Trinajstić information content (AvgIpc) is 3.60. The fourth-order valence-corrected chi connectivity index (χ4v) is 5.05. The van der Waals surface area contributed by atoms with E-state index in [1.165, 1.54) is 17.6 Å². The molecule has 2 amide bonds. The van der Waals surface area contributed by atoms with Crippen LogP contribution in [0.4, 0.5) is 5.13 Å². The van der Waals surface area contributed by atoms with Crippen molar-refractivity contribution in [2.75, 3.05) is 44.2 Å². The number of anilines is 1. The maximum Gasteiger partial charge on any atom is 0.289 e. The van der Waals surface area contributed by atoms with Gasteiger partial charge in [-0.15, -0.1) is 10.2 Å². The highest BCUT2D eigenvalue weighted by molar-refractivity contribution is 7.17. The molecule has 2 aliphatic rings. The van der Waals surface area contributed by atoms with Gasteiger partial charge in [0, 0.05) is 51.7 Å². The summed E-state index contributed by atoms with van der Waals surface area (Å²) in [4.78, 5) is 31.4. The second kappa shape index (κ2) is 8.54. The van der Waals surface area contributed by atoms with E-state index >= 15 is 0 Å². The smallest absolute Gasteiger partial charge is 0.289 e. The lowest BCUT2D eigenvalue weighted by Crippen LogP contribution is -2.53. The van der Waals surface area contributed by atoms with Crippen LogP contribution in [0.1, 0.15) is 23.4 Å². The summed E-state index contributed by atoms with van der Waals surface area (Å²) < 4.78 is 7.15. The first-order valence-electron chi connectivity index (χ1n) is 10.5. The maximum absolute atomic E-state index is 13.2. The van der Waals surface area contributed by atoms with Gasteiger partial charge in [-0.2, -0.15) is 0 Å². The summed E-state index contributed by atoms with van der Waals surface area (Å²) in [6, 6.07) is 7.30. The molecule has 31 heavy (non-hydrogen) atoms. The monoisotopic (exact) mass is 440 g/mol. The van der Waals surface area contributed by atoms with Crippen LogP contribution in [-0.2, 0) is 4.79 Å². The summed E-state index contributed by atoms with van der Waals surface area (Å²) >= 11 is 1.54. The van der Waals surface area contributed by atoms with Gasteiger partial charge >= 0.3 is 0 Å². The minimum atomic E-state index is -0.115. The highest BCUT2D eigenvalue weighted by Gasteiger charge is 2.33. The number of aromatic nitrogens is 3. The number of carbonyl (C=O) groups excluding carboxylic acids is 2. The largest absolute Gasteiger partial charge is 0.459 e. The molecular formula is C21H24N6O3S. The lowest BCUT2D eigenvalue weighted by atomic mass is 9.96. The van der Waals surface area contributed by atoms with Gasteiger partial charge in [-0.05, 0) is 37.1 Å². The molecule has 3 aromatic rings. The van der Waals surface area contributed by atoms with E-state index in [-0.39, 0.29) is 17.7 Å². The van der Waals surface area contributed by atoms with Crippen LogP contribution >= 0.6 is 11.3 Å². The predicted molar refractivity (Wildman–Crippen MR) is 115 cm³/mol. The minimum absolute atomic E-state index is 0.0556. The minimum Gasteiger partial charge on any atom is -0.459 e. The molecule has 2 saturated heterocycles. The third-order valence-electron chi connectivity index (χ3n) is 5.88. The first-order chi connectivity index (χ1) is 15.2. The summed E-state index contributed by atoms with van der Waals surface area (Å²) in [5.41, 5.74) is 0. The summed E-state index contributed by atoms with van der Waals surface area (Å²) in [7, 11) is 0. The zero-order valence-corrected chi connectivity index (χ0v) is 17.9. The number of carbonyl (C=O) groups is 2. The Hall–Kier alpha value is -3.14. The number of piperazine rings is 1. The Morgan fingerprint density at radius 3 is 2.45 bits per heavy atom. The van der Waals surface area contributed by atoms with Crippen LogP contribution in [0, 0.1) is 5.92 Å². The molecule has 0 N–H and O–H groups in total. The molecule has 3 aromatic heterocycles. The number of nitrogens with zero attached hydrogens (tertiary/aromatic N) is 6. The van der Waals surface area contributed by atoms with Gasteiger partial charge < -0.3 is 19.1 Å². The third kappa shape index (κ3) is 4.07. The zero-order chi connectivity index (χ0) is 21.2. The van der Waals surface area contributed by atoms with Crippen molar-refractivity contribution in [3.05, 3.63) is 48.7 Å². The van der Waals surface area contributed by atoms with Crippen molar-refractivity contribution in [2.24, 2.45) is 5.92 Å². The molecule has 162 valence electrons. The fraction of sp³-hybridized carbons (Fsp3) is 0.429. The number of furan rings is 1. The molecule has 0 spiro atoms. The molecule has 2 fully saturated rings. The number of rotatable bonds is 4. The Morgan fingerprint density at radius 1 is 0.968 bits per heavy atom. The number of hydrogen-bond acceptors (Lipinski definition) is 7. The molecule has 5 heterocycles. The Morgan fingerprint density at radius 2 is 1.71 bits per heavy atom. The van der Waals surface area contributed by atoms with E-state index in [4.69, 9.17) is 4.42 Å². The lowest BCUT2D eigenvalue weighted by molar-refractivity contribution is -0.137. The van der Waals surface area contributed by atoms with E-state index in [9.17, 15) is 9.59 Å². The van der Waals surface area contributed by atoms with E-state index in [2.05, 4.69) is 15.1 Å². The highest BCUT2D eigenvalue weighted by atomic mass is 32.1. The molecule has 2 aliphatic heterocycles. The number of hydrogen-bond donors (Lipinski definition) is 0. The molecule has 5 rings (SSSR count). The van der Waals surface area contributed by atoms with Crippen LogP contribution < -0.4 is 4.90 Å². The SMILES string of the molecule is O=C(c1ccco1)N1CCN(C(=O)[C@H]2CCCN(c3nnc(-n4cccc4)s3)C2)CC1. The Bertz CT molecular complexity index is 1020. The second-order valence-corrected chi connectivity index (χ2v) is 8.77. The van der Waals surface area contributed by atoms with E-state index < -0.39 is 0 Å². The van der Waals surface area contributed by atoms with E-state index in [0.717, 1.165) is 29.6 Å². The normalized spacial score (nSPS) is 19.6. The van der Waals surface area contributed by atoms with Crippen LogP contribution in [0.25, 0.3) is 5.13 Å². The Kier molecular flexibility index (Phi) is 5.46. The van der Waals surface area contributed by atoms with Gasteiger partial charge in [0.2, 0.25) is 16.2 Å². The van der Waals surface area contributed by atoms with Crippen molar-refractivity contribution in [3.63, 3.8) is 0 Å². The van der Waals surface area contributed by atoms with Gasteiger partial charge in [0.1, 0.15) is 0 Å². The van der Waals surface area contributed by atoms with Crippen molar-refractivity contribution >= 4 is 28.3 Å². The molecule has 9 nitrogen and oxygen atoms in total. The Labute approximate surface area is 183 Å². The molecule has 0 aliphatic carbocycles. The summed E-state index contributed by atoms with van der Waals surface area (Å²) in [6.45, 7) is 3.70. The number of piperidine rings is 1. The fourth-order valence-electron chi connectivity index (χ4n) is 4.20. The van der Waals surface area contributed by atoms with E-state index in [0.29, 0.717) is 38.5 Å². The standard InChI is InChI=1S/C21H24N6O3S/c28-18(24-10-12-25(13-11-24)19(29)17-6-4-14-30-17)16-5-3-9-27(15-16)21-23-22-20(31-21)26-7-1-2-8-26/h1-2,4,6-8,14,16H,3,5,9-13,15H2/t16-/m0/s1. The van der Waals surface area contributed by atoms with Crippen LogP contribution in [0.15, 0.2) is 47.3 Å². The molecule has 0 radical (unpaired) electrons. The quantitative estimate of drug-likeness (QED) is 0.618. The van der Waals surface area contributed by atoms with Gasteiger partial charge in [0.25, 0.3) is 5.91 Å². The number of amides is 2. The van der Waals surface area contributed by atoms with Gasteiger partial charge in [-0.1, -0.05) is 11.3 Å². The predicted octanol–water partition coefficient (Wildman–Crippen LogP) is 2.12. The van der Waals surface area contributed by atoms with E-state index in [1.807, 2.05) is 34.0 Å². The van der Waals surface area contributed by atoms with Crippen molar-refractivity contribution in [2.45, 2.75) is 12.8 Å². The van der Waals surface area contributed by atoms with Crippen molar-refractivity contribution in [1.29, 1.82) is 0 Å². The molecule has 0 bridgehead atoms. The van der Waals surface area contributed by atoms with Gasteiger partial charge in [-0.3, -0.25) is 14.2 Å². The molecular weight excluding hydrogens is 416 g/mol. The molecule has 1 atom stereocenters. The first kappa shape index (κ1) is 19.8. The topological polar surface area (TPSA) is 87.7 Å². The summed E-state index contributed by atoms with van der Waals surface area (Å²) in [6.07, 6.45) is 7.23. The van der Waals surface area contributed by atoms with E-state index in [1.54, 1.807) is 17.0 Å². The van der Waals surface area contributed by atoms with Gasteiger partial charge in [0.05, 0.1) is 12.2 Å². The summed E-state index contributed by atoms with van der Waals surface area (Å²) in [5, 5.41) is 10.3. The summed E-state index contributed by atoms with van der Waals surface area (Å²) in [5.74, 6) is 0.347. The molecule has 0 unspecified atom stereocenters. The van der Waals surface area contributed by atoms with Crippen LogP contribution in [-0.4, -0.2) is 75.6 Å². The van der Waals surface area contributed by atoms with Gasteiger partial charge in [0.15, 0.2) is 5.76 Å². The van der Waals surface area contributed by atoms with Crippen molar-refractivity contribution in [1.82, 2.24) is 24.6 Å². The average molecular weight is 441 g/mol. The molecule has 10 heteroatoms. The zero-order valence-electron chi connectivity index (χ0n) is 17.1. The third-order valence-corrected chi connectivity index (χ3v) is 6.88. The van der Waals surface area contributed by atoms with Crippen LogP contribution in [0.2, 0.25) is 0 Å². The Balaban J connectivity index is 1.18. The molecule has 0 aromatic carbocycles. The van der Waals surface area contributed by atoms with Crippen LogP contribution in [0.5, 0.6) is 0 Å². The maximum atomic E-state index is 13.2. The molecule has 0 saturated carbocycles. The van der Waals surface area contributed by atoms with Gasteiger partial charge in [-0.25, -0.2) is 0 Å². The lowest BCUT2D eigenvalue weighted by Gasteiger charge is -2.38. The first-order valence-corrected chi connectivity index (χ1v) is 11.3. The second-order valence-electron chi connectivity index (χ2n) is 7.84. The van der Waals surface area contributed by atoms with Crippen LogP contribution in [0.3, 0.4) is 0 Å².